The molecule has 1 heteroatoms. The van der Waals surface area contributed by atoms with Crippen LogP contribution in [0.1, 0.15) is 19.3 Å². The van der Waals surface area contributed by atoms with Crippen molar-refractivity contribution in [2.45, 2.75) is 24.9 Å². The zero-order valence-electron chi connectivity index (χ0n) is 12.1. The summed E-state index contributed by atoms with van der Waals surface area (Å²) in [4.78, 5) is 0. The fraction of sp³-hybridized carbons (Fsp3) is 0.263. The molecule has 1 aliphatic rings. The van der Waals surface area contributed by atoms with Gasteiger partial charge in [0.05, 0.1) is 30.2 Å². The molecule has 1 unspecified atom stereocenters. The van der Waals surface area contributed by atoms with Crippen molar-refractivity contribution in [3.8, 4) is 0 Å². The highest BCUT2D eigenvalue weighted by molar-refractivity contribution is 7.89. The monoisotopic (exact) mass is 281 g/mol. The summed E-state index contributed by atoms with van der Waals surface area (Å²) >= 11 is 0. The zero-order chi connectivity index (χ0) is 13.8. The maximum absolute atomic E-state index is 2.51. The quantitative estimate of drug-likeness (QED) is 0.578. The molecule has 0 aliphatic heterocycles. The van der Waals surface area contributed by atoms with Gasteiger partial charge in [0.15, 0.2) is 0 Å². The van der Waals surface area contributed by atoms with Crippen molar-refractivity contribution in [3.05, 3.63) is 72.8 Å². The van der Waals surface area contributed by atoms with Crippen molar-refractivity contribution in [2.24, 2.45) is 0 Å². The molecule has 2 aromatic rings. The van der Waals surface area contributed by atoms with E-state index in [0.29, 0.717) is 5.66 Å². The van der Waals surface area contributed by atoms with Crippen molar-refractivity contribution >= 4 is 17.9 Å². The van der Waals surface area contributed by atoms with Gasteiger partial charge >= 0.3 is 0 Å². The molecule has 1 aliphatic carbocycles. The second-order valence-electron chi connectivity index (χ2n) is 5.67. The second kappa shape index (κ2) is 5.94. The molecule has 0 radical (unpaired) electrons. The zero-order valence-corrected chi connectivity index (χ0v) is 13.0. The third-order valence-corrected chi connectivity index (χ3v) is 8.98. The Kier molecular flexibility index (Phi) is 4.03. The summed E-state index contributed by atoms with van der Waals surface area (Å²) < 4.78 is 0. The Hall–Kier alpha value is -1.39. The molecular formula is C19H22P+. The molecular weight excluding hydrogens is 259 g/mol. The van der Waals surface area contributed by atoms with Gasteiger partial charge in [-0.15, -0.1) is 0 Å². The van der Waals surface area contributed by atoms with Crippen LogP contribution < -0.4 is 10.6 Å². The Morgan fingerprint density at radius 1 is 0.850 bits per heavy atom. The van der Waals surface area contributed by atoms with Gasteiger partial charge < -0.3 is 0 Å². The standard InChI is InChI=1S/C19H22P/c1-20(17-11-5-2-6-12-17,18-13-7-3-8-14-18)19-15-9-4-10-16-19/h2-3,5-9,11-15,19H,4,10,16H2,1H3/q+1. The summed E-state index contributed by atoms with van der Waals surface area (Å²) in [6, 6.07) is 22.3. The molecule has 0 saturated carbocycles. The highest BCUT2D eigenvalue weighted by Gasteiger charge is 2.44. The van der Waals surface area contributed by atoms with Gasteiger partial charge in [-0.3, -0.25) is 0 Å². The Bertz CT molecular complexity index is 532. The van der Waals surface area contributed by atoms with Crippen LogP contribution in [0.4, 0.5) is 0 Å². The molecule has 2 aromatic carbocycles. The topological polar surface area (TPSA) is 0 Å². The second-order valence-corrected chi connectivity index (χ2v) is 9.52. The van der Waals surface area contributed by atoms with Gasteiger partial charge in [-0.25, -0.2) is 0 Å². The number of benzene rings is 2. The Balaban J connectivity index is 2.12. The molecule has 0 aromatic heterocycles. The first-order chi connectivity index (χ1) is 9.82. The molecule has 0 spiro atoms. The third kappa shape index (κ3) is 2.45. The van der Waals surface area contributed by atoms with E-state index in [1.165, 1.54) is 29.9 Å². The first-order valence-electron chi connectivity index (χ1n) is 7.46. The van der Waals surface area contributed by atoms with Gasteiger partial charge in [0.1, 0.15) is 0 Å². The van der Waals surface area contributed by atoms with E-state index in [9.17, 15) is 0 Å². The summed E-state index contributed by atoms with van der Waals surface area (Å²) in [5.74, 6) is 0. The minimum absolute atomic E-state index is 0.695. The van der Waals surface area contributed by atoms with Crippen LogP contribution in [-0.4, -0.2) is 12.3 Å². The molecule has 0 fully saturated rings. The van der Waals surface area contributed by atoms with Crippen molar-refractivity contribution in [1.29, 1.82) is 0 Å². The van der Waals surface area contributed by atoms with Crippen LogP contribution in [0.3, 0.4) is 0 Å². The van der Waals surface area contributed by atoms with Gasteiger partial charge in [0.2, 0.25) is 0 Å². The van der Waals surface area contributed by atoms with Crippen molar-refractivity contribution in [3.63, 3.8) is 0 Å². The Morgan fingerprint density at radius 3 is 1.85 bits per heavy atom. The fourth-order valence-corrected chi connectivity index (χ4v) is 7.04. The Labute approximate surface area is 122 Å². The van der Waals surface area contributed by atoms with E-state index >= 15 is 0 Å². The van der Waals surface area contributed by atoms with Crippen LogP contribution in [0.5, 0.6) is 0 Å². The van der Waals surface area contributed by atoms with Crippen LogP contribution in [0, 0.1) is 0 Å². The van der Waals surface area contributed by atoms with Crippen LogP contribution in [0.15, 0.2) is 72.8 Å². The van der Waals surface area contributed by atoms with E-state index in [2.05, 4.69) is 79.5 Å². The molecule has 3 rings (SSSR count). The van der Waals surface area contributed by atoms with E-state index in [0.717, 1.165) is 0 Å². The average Bonchev–Trinajstić information content (AvgIpc) is 2.56. The van der Waals surface area contributed by atoms with Crippen LogP contribution in [0.2, 0.25) is 0 Å². The van der Waals surface area contributed by atoms with E-state index < -0.39 is 7.26 Å². The van der Waals surface area contributed by atoms with Gasteiger partial charge in [-0.1, -0.05) is 42.5 Å². The first kappa shape index (κ1) is 13.6. The molecule has 20 heavy (non-hydrogen) atoms. The fourth-order valence-electron chi connectivity index (χ4n) is 3.23. The predicted molar refractivity (Wildman–Crippen MR) is 91.8 cm³/mol. The van der Waals surface area contributed by atoms with Gasteiger partial charge in [0.25, 0.3) is 0 Å². The molecule has 1 atom stereocenters. The Morgan fingerprint density at radius 2 is 1.40 bits per heavy atom. The summed E-state index contributed by atoms with van der Waals surface area (Å²) in [7, 11) is -1.34. The number of hydrogen-bond acceptors (Lipinski definition) is 0. The lowest BCUT2D eigenvalue weighted by molar-refractivity contribution is 0.735. The van der Waals surface area contributed by atoms with Gasteiger partial charge in [0, 0.05) is 0 Å². The normalized spacial score (nSPS) is 18.9. The van der Waals surface area contributed by atoms with E-state index in [4.69, 9.17) is 0 Å². The van der Waals surface area contributed by atoms with Crippen LogP contribution in [0.25, 0.3) is 0 Å². The third-order valence-electron chi connectivity index (χ3n) is 4.48. The van der Waals surface area contributed by atoms with Crippen LogP contribution in [-0.2, 0) is 0 Å². The maximum Gasteiger partial charge on any atom is 0.0995 e. The smallest absolute Gasteiger partial charge is 0.0846 e. The van der Waals surface area contributed by atoms with E-state index in [-0.39, 0.29) is 0 Å². The lowest BCUT2D eigenvalue weighted by Gasteiger charge is -2.31. The van der Waals surface area contributed by atoms with Crippen molar-refractivity contribution < 1.29 is 0 Å². The molecule has 0 nitrogen and oxygen atoms in total. The summed E-state index contributed by atoms with van der Waals surface area (Å²) in [6.07, 6.45) is 8.77. The molecule has 0 saturated heterocycles. The minimum atomic E-state index is -1.34. The molecule has 0 N–H and O–H groups in total. The van der Waals surface area contributed by atoms with Gasteiger partial charge in [-0.05, 0) is 49.6 Å². The summed E-state index contributed by atoms with van der Waals surface area (Å²) in [5, 5.41) is 3.06. The molecule has 102 valence electrons. The van der Waals surface area contributed by atoms with E-state index in [1.807, 2.05) is 0 Å². The minimum Gasteiger partial charge on any atom is -0.0846 e. The van der Waals surface area contributed by atoms with Crippen LogP contribution >= 0.6 is 7.26 Å². The highest BCUT2D eigenvalue weighted by Crippen LogP contribution is 2.59. The van der Waals surface area contributed by atoms with E-state index in [1.54, 1.807) is 0 Å². The van der Waals surface area contributed by atoms with Crippen molar-refractivity contribution in [2.75, 3.05) is 6.66 Å². The number of rotatable bonds is 3. The lowest BCUT2D eigenvalue weighted by Crippen LogP contribution is -2.30. The molecule has 0 heterocycles. The number of allylic oxidation sites excluding steroid dienone is 2. The first-order valence-corrected chi connectivity index (χ1v) is 9.76. The van der Waals surface area contributed by atoms with Crippen molar-refractivity contribution in [1.82, 2.24) is 0 Å². The summed E-state index contributed by atoms with van der Waals surface area (Å²) in [5.41, 5.74) is 0.695. The number of hydrogen-bond donors (Lipinski definition) is 0. The highest BCUT2D eigenvalue weighted by atomic mass is 31.2. The average molecular weight is 281 g/mol. The summed E-state index contributed by atoms with van der Waals surface area (Å²) in [6.45, 7) is 2.51. The largest absolute Gasteiger partial charge is 0.0995 e. The molecule has 0 bridgehead atoms. The lowest BCUT2D eigenvalue weighted by atomic mass is 10.1. The molecule has 0 amide bonds. The van der Waals surface area contributed by atoms with Gasteiger partial charge in [-0.2, -0.15) is 0 Å². The maximum atomic E-state index is 2.51. The SMILES string of the molecule is C[P+](c1ccccc1)(c1ccccc1)C1C=CCCC1. The predicted octanol–water partition coefficient (Wildman–Crippen LogP) is 4.39.